The number of nitrogens with zero attached hydrogens (tertiary/aromatic N) is 2. The third kappa shape index (κ3) is 2.49. The number of rotatable bonds is 3. The van der Waals surface area contributed by atoms with E-state index in [1.807, 2.05) is 0 Å². The van der Waals surface area contributed by atoms with Crippen molar-refractivity contribution in [2.75, 3.05) is 6.67 Å². The number of carbonyl (C=O) groups is 1. The molecule has 2 aromatic heterocycles. The van der Waals surface area contributed by atoms with Gasteiger partial charge in [-0.25, -0.2) is 18.6 Å². The first-order valence-electron chi connectivity index (χ1n) is 5.90. The fourth-order valence-electron chi connectivity index (χ4n) is 1.88. The van der Waals surface area contributed by atoms with Crippen LogP contribution in [0.1, 0.15) is 24.2 Å². The molecule has 0 spiro atoms. The van der Waals surface area contributed by atoms with Crippen LogP contribution in [0.2, 0.25) is 5.15 Å². The van der Waals surface area contributed by atoms with E-state index in [1.165, 1.54) is 18.4 Å². The van der Waals surface area contributed by atoms with Crippen molar-refractivity contribution in [1.29, 1.82) is 0 Å². The molecule has 2 rings (SSSR count). The standard InChI is InChI=1S/C13H11ClF2N2O3/c1-13(2,5-15)18-4-7(12(20)21)9(19)6-3-8(16)10(14)17-11(6)18/h3-4H,5H2,1-2H3,(H,20,21). The molecular weight excluding hydrogens is 306 g/mol. The van der Waals surface area contributed by atoms with E-state index in [1.54, 1.807) is 0 Å². The van der Waals surface area contributed by atoms with Crippen molar-refractivity contribution in [1.82, 2.24) is 9.55 Å². The predicted octanol–water partition coefficient (Wildman–Crippen LogP) is 2.59. The molecule has 2 heterocycles. The van der Waals surface area contributed by atoms with Crippen LogP contribution in [0.4, 0.5) is 8.78 Å². The number of aromatic carboxylic acids is 1. The van der Waals surface area contributed by atoms with Crippen molar-refractivity contribution in [2.45, 2.75) is 19.4 Å². The summed E-state index contributed by atoms with van der Waals surface area (Å²) < 4.78 is 27.9. The largest absolute Gasteiger partial charge is 0.477 e. The lowest BCUT2D eigenvalue weighted by atomic mass is 10.1. The minimum Gasteiger partial charge on any atom is -0.477 e. The third-order valence-corrected chi connectivity index (χ3v) is 3.36. The number of carboxylic acid groups (broad SMARTS) is 1. The monoisotopic (exact) mass is 316 g/mol. The number of alkyl halides is 1. The molecule has 1 N–H and O–H groups in total. The minimum absolute atomic E-state index is 0.0703. The molecule has 8 heteroatoms. The summed E-state index contributed by atoms with van der Waals surface area (Å²) in [6, 6.07) is 0.810. The van der Waals surface area contributed by atoms with E-state index in [9.17, 15) is 18.4 Å². The van der Waals surface area contributed by atoms with Gasteiger partial charge in [0.25, 0.3) is 0 Å². The summed E-state index contributed by atoms with van der Waals surface area (Å²) in [5.41, 5.74) is -2.73. The van der Waals surface area contributed by atoms with Crippen molar-refractivity contribution in [3.05, 3.63) is 39.0 Å². The second-order valence-corrected chi connectivity index (χ2v) is 5.48. The molecule has 0 aliphatic heterocycles. The van der Waals surface area contributed by atoms with Gasteiger partial charge in [0.2, 0.25) is 5.43 Å². The average Bonchev–Trinajstić information content (AvgIpc) is 2.40. The summed E-state index contributed by atoms with van der Waals surface area (Å²) in [6.45, 7) is 2.13. The smallest absolute Gasteiger partial charge is 0.341 e. The Kier molecular flexibility index (Phi) is 3.71. The summed E-state index contributed by atoms with van der Waals surface area (Å²) >= 11 is 5.60. The zero-order valence-electron chi connectivity index (χ0n) is 11.2. The van der Waals surface area contributed by atoms with Gasteiger partial charge in [0, 0.05) is 6.20 Å². The molecule has 0 unspecified atom stereocenters. The number of fused-ring (bicyclic) bond motifs is 1. The highest BCUT2D eigenvalue weighted by Crippen LogP contribution is 2.24. The van der Waals surface area contributed by atoms with Gasteiger partial charge < -0.3 is 9.67 Å². The quantitative estimate of drug-likeness (QED) is 0.883. The molecule has 5 nitrogen and oxygen atoms in total. The number of aromatic nitrogens is 2. The van der Waals surface area contributed by atoms with Crippen LogP contribution in [0.15, 0.2) is 17.1 Å². The average molecular weight is 317 g/mol. The number of hydrogen-bond donors (Lipinski definition) is 1. The van der Waals surface area contributed by atoms with Gasteiger partial charge >= 0.3 is 5.97 Å². The van der Waals surface area contributed by atoms with E-state index >= 15 is 0 Å². The molecule has 0 aromatic carbocycles. The van der Waals surface area contributed by atoms with E-state index in [4.69, 9.17) is 16.7 Å². The lowest BCUT2D eigenvalue weighted by Gasteiger charge is -2.26. The van der Waals surface area contributed by atoms with Gasteiger partial charge in [0.05, 0.1) is 10.9 Å². The molecule has 0 radical (unpaired) electrons. The molecule has 2 aromatic rings. The van der Waals surface area contributed by atoms with Crippen molar-refractivity contribution >= 4 is 28.6 Å². The van der Waals surface area contributed by atoms with Crippen LogP contribution in [0, 0.1) is 5.82 Å². The van der Waals surface area contributed by atoms with Crippen LogP contribution in [-0.4, -0.2) is 27.3 Å². The van der Waals surface area contributed by atoms with E-state index < -0.39 is 40.1 Å². The van der Waals surface area contributed by atoms with Crippen LogP contribution in [0.25, 0.3) is 11.0 Å². The van der Waals surface area contributed by atoms with Crippen LogP contribution in [0.3, 0.4) is 0 Å². The number of pyridine rings is 2. The lowest BCUT2D eigenvalue weighted by molar-refractivity contribution is 0.0694. The first-order chi connectivity index (χ1) is 9.69. The van der Waals surface area contributed by atoms with E-state index in [0.717, 1.165) is 12.3 Å². The molecule has 112 valence electrons. The van der Waals surface area contributed by atoms with Crippen LogP contribution in [0.5, 0.6) is 0 Å². The third-order valence-electron chi connectivity index (χ3n) is 3.10. The molecule has 0 saturated heterocycles. The molecule has 0 atom stereocenters. The lowest BCUT2D eigenvalue weighted by Crippen LogP contribution is -2.32. The Morgan fingerprint density at radius 2 is 2.14 bits per heavy atom. The predicted molar refractivity (Wildman–Crippen MR) is 73.2 cm³/mol. The van der Waals surface area contributed by atoms with Gasteiger partial charge in [-0.3, -0.25) is 4.79 Å². The summed E-state index contributed by atoms with van der Waals surface area (Å²) in [6.07, 6.45) is 0.994. The Bertz CT molecular complexity index is 802. The summed E-state index contributed by atoms with van der Waals surface area (Å²) in [5, 5.41) is 8.32. The molecule has 0 bridgehead atoms. The molecule has 0 amide bonds. The second-order valence-electron chi connectivity index (χ2n) is 5.13. The van der Waals surface area contributed by atoms with Gasteiger partial charge in [0.15, 0.2) is 11.0 Å². The number of carboxylic acids is 1. The number of hydrogen-bond acceptors (Lipinski definition) is 3. The molecular formula is C13H11ClF2N2O3. The fourth-order valence-corrected chi connectivity index (χ4v) is 2.01. The molecule has 0 aliphatic carbocycles. The zero-order chi connectivity index (χ0) is 15.9. The van der Waals surface area contributed by atoms with E-state index in [0.29, 0.717) is 0 Å². The SMILES string of the molecule is CC(C)(CF)n1cc(C(=O)O)c(=O)c2cc(F)c(Cl)nc21. The maximum Gasteiger partial charge on any atom is 0.341 e. The van der Waals surface area contributed by atoms with Crippen LogP contribution < -0.4 is 5.43 Å². The van der Waals surface area contributed by atoms with Gasteiger partial charge in [-0.1, -0.05) is 11.6 Å². The van der Waals surface area contributed by atoms with Crippen molar-refractivity contribution < 1.29 is 18.7 Å². The first-order valence-corrected chi connectivity index (χ1v) is 6.28. The summed E-state index contributed by atoms with van der Waals surface area (Å²) in [7, 11) is 0. The Morgan fingerprint density at radius 3 is 2.67 bits per heavy atom. The van der Waals surface area contributed by atoms with Crippen LogP contribution >= 0.6 is 11.6 Å². The van der Waals surface area contributed by atoms with Gasteiger partial charge in [0.1, 0.15) is 17.9 Å². The molecule has 21 heavy (non-hydrogen) atoms. The van der Waals surface area contributed by atoms with Gasteiger partial charge in [-0.2, -0.15) is 0 Å². The first kappa shape index (κ1) is 15.4. The summed E-state index contributed by atoms with van der Waals surface area (Å²) in [5.74, 6) is -2.44. The maximum absolute atomic E-state index is 13.5. The van der Waals surface area contributed by atoms with Gasteiger partial charge in [-0.15, -0.1) is 0 Å². The Hall–Kier alpha value is -2.02. The molecule has 0 aliphatic rings. The van der Waals surface area contributed by atoms with Crippen molar-refractivity contribution in [2.24, 2.45) is 0 Å². The van der Waals surface area contributed by atoms with Crippen LogP contribution in [-0.2, 0) is 5.54 Å². The maximum atomic E-state index is 13.5. The highest BCUT2D eigenvalue weighted by Gasteiger charge is 2.26. The van der Waals surface area contributed by atoms with Crippen molar-refractivity contribution in [3.8, 4) is 0 Å². The molecule has 0 fully saturated rings. The Balaban J connectivity index is 3.03. The fraction of sp³-hybridized carbons (Fsp3) is 0.308. The minimum atomic E-state index is -1.49. The topological polar surface area (TPSA) is 72.2 Å². The van der Waals surface area contributed by atoms with E-state index in [-0.39, 0.29) is 11.0 Å². The Labute approximate surface area is 122 Å². The normalized spacial score (nSPS) is 11.9. The summed E-state index contributed by atoms with van der Waals surface area (Å²) in [4.78, 5) is 26.9. The highest BCUT2D eigenvalue weighted by molar-refractivity contribution is 6.29. The Morgan fingerprint density at radius 1 is 1.52 bits per heavy atom. The zero-order valence-corrected chi connectivity index (χ0v) is 11.9. The molecule has 0 saturated carbocycles. The van der Waals surface area contributed by atoms with E-state index in [2.05, 4.69) is 4.98 Å². The van der Waals surface area contributed by atoms with Gasteiger partial charge in [-0.05, 0) is 19.9 Å². The second kappa shape index (κ2) is 5.07. The highest BCUT2D eigenvalue weighted by atomic mass is 35.5. The number of halogens is 3. The van der Waals surface area contributed by atoms with Crippen molar-refractivity contribution in [3.63, 3.8) is 0 Å².